The normalized spacial score (nSPS) is 35.4. The first kappa shape index (κ1) is 36.8. The molecular formula is C35H53NO9. The summed E-state index contributed by atoms with van der Waals surface area (Å²) in [5, 5.41) is 35.2. The van der Waals surface area contributed by atoms with Crippen molar-refractivity contribution >= 4 is 17.5 Å². The number of ether oxygens (including phenoxy) is 3. The van der Waals surface area contributed by atoms with Gasteiger partial charge in [0.25, 0.3) is 0 Å². The molecule has 3 rings (SSSR count). The van der Waals surface area contributed by atoms with Gasteiger partial charge in [0.05, 0.1) is 18.3 Å². The summed E-state index contributed by atoms with van der Waals surface area (Å²) in [6, 6.07) is -0.247. The average Bonchev–Trinajstić information content (AvgIpc) is 3.28. The molecule has 45 heavy (non-hydrogen) atoms. The van der Waals surface area contributed by atoms with Crippen LogP contribution in [0.2, 0.25) is 0 Å². The molecule has 0 saturated carbocycles. The quantitative estimate of drug-likeness (QED) is 0.280. The van der Waals surface area contributed by atoms with Gasteiger partial charge in [0, 0.05) is 56.4 Å². The van der Waals surface area contributed by atoms with E-state index in [2.05, 4.69) is 12.2 Å². The third-order valence-corrected chi connectivity index (χ3v) is 8.81. The van der Waals surface area contributed by atoms with E-state index in [1.54, 1.807) is 19.1 Å². The summed E-state index contributed by atoms with van der Waals surface area (Å²) in [6.07, 6.45) is 10.5. The van der Waals surface area contributed by atoms with E-state index in [-0.39, 0.29) is 73.4 Å². The highest BCUT2D eigenvalue weighted by Gasteiger charge is 2.42. The van der Waals surface area contributed by atoms with Gasteiger partial charge in [0.15, 0.2) is 12.1 Å². The van der Waals surface area contributed by atoms with Gasteiger partial charge in [-0.05, 0) is 39.5 Å². The molecule has 2 aliphatic heterocycles. The SMILES string of the molecule is CCCCCCC1CC(=O)CCCC(O)CC(=O)C2=C(O)C(OC3CC(OC)C(O)C(C)O3)CC2/C=C(C)/C=C/C=C/C(=O)N1. The molecule has 2 heterocycles. The summed E-state index contributed by atoms with van der Waals surface area (Å²) >= 11 is 0. The number of nitrogens with one attached hydrogen (secondary N) is 1. The second-order valence-corrected chi connectivity index (χ2v) is 12.6. The third kappa shape index (κ3) is 11.6. The predicted molar refractivity (Wildman–Crippen MR) is 170 cm³/mol. The van der Waals surface area contributed by atoms with Crippen LogP contribution in [0.5, 0.6) is 0 Å². The number of aliphatic hydroxyl groups excluding tert-OH is 3. The number of Topliss-reactive ketones (excluding diaryl/α,β-unsaturated/α-hetero) is 2. The number of aliphatic hydroxyl groups is 3. The minimum absolute atomic E-state index is 0.00890. The second-order valence-electron chi connectivity index (χ2n) is 12.6. The molecule has 4 N–H and O–H groups in total. The highest BCUT2D eigenvalue weighted by Crippen LogP contribution is 2.38. The van der Waals surface area contributed by atoms with Crippen LogP contribution in [0.4, 0.5) is 0 Å². The van der Waals surface area contributed by atoms with Crippen molar-refractivity contribution in [2.75, 3.05) is 7.11 Å². The van der Waals surface area contributed by atoms with Crippen LogP contribution >= 0.6 is 0 Å². The molecule has 8 unspecified atom stereocenters. The topological polar surface area (TPSA) is 152 Å². The molecule has 10 heteroatoms. The number of methoxy groups -OCH3 is 1. The highest BCUT2D eigenvalue weighted by atomic mass is 16.7. The summed E-state index contributed by atoms with van der Waals surface area (Å²) in [5.74, 6) is -1.30. The standard InChI is InChI=1S/C35H53NO9/c1-5-6-7-8-13-25-19-26(37)14-11-15-27(38)20-28(39)33-24(17-22(2)12-9-10-16-31(40)36-25)18-30(35(33)42)45-32-21-29(43-4)34(41)23(3)44-32/h9-10,12,16-17,23-25,27,29-30,32,34,38,41-42H,5-8,11,13-15,18-21H2,1-4H3,(H,36,40)/b12-9+,16-10+,22-17+. The molecule has 1 fully saturated rings. The second kappa shape index (κ2) is 18.5. The van der Waals surface area contributed by atoms with Crippen LogP contribution < -0.4 is 5.32 Å². The lowest BCUT2D eigenvalue weighted by molar-refractivity contribution is -0.261. The van der Waals surface area contributed by atoms with Crippen LogP contribution in [0.25, 0.3) is 0 Å². The lowest BCUT2D eigenvalue weighted by atomic mass is 9.92. The molecule has 10 nitrogen and oxygen atoms in total. The Kier molecular flexibility index (Phi) is 15.1. The van der Waals surface area contributed by atoms with Gasteiger partial charge in [-0.1, -0.05) is 62.5 Å². The molecule has 252 valence electrons. The van der Waals surface area contributed by atoms with Gasteiger partial charge in [-0.25, -0.2) is 0 Å². The van der Waals surface area contributed by atoms with Crippen molar-refractivity contribution in [3.63, 3.8) is 0 Å². The maximum atomic E-state index is 13.5. The van der Waals surface area contributed by atoms with Crippen molar-refractivity contribution in [1.29, 1.82) is 0 Å². The van der Waals surface area contributed by atoms with Crippen molar-refractivity contribution in [3.8, 4) is 0 Å². The average molecular weight is 632 g/mol. The van der Waals surface area contributed by atoms with Gasteiger partial charge in [0.2, 0.25) is 5.91 Å². The number of hydrogen-bond donors (Lipinski definition) is 4. The maximum absolute atomic E-state index is 13.5. The van der Waals surface area contributed by atoms with E-state index in [4.69, 9.17) is 14.2 Å². The Bertz CT molecular complexity index is 1130. The summed E-state index contributed by atoms with van der Waals surface area (Å²) in [4.78, 5) is 38.9. The number of hydrogen-bond acceptors (Lipinski definition) is 9. The van der Waals surface area contributed by atoms with E-state index in [1.807, 2.05) is 19.1 Å². The van der Waals surface area contributed by atoms with Crippen molar-refractivity contribution in [3.05, 3.63) is 47.3 Å². The lowest BCUT2D eigenvalue weighted by Crippen LogP contribution is -2.49. The number of carbonyl (C=O) groups is 3. The molecular weight excluding hydrogens is 578 g/mol. The molecule has 0 spiro atoms. The van der Waals surface area contributed by atoms with E-state index in [0.717, 1.165) is 37.7 Å². The molecule has 1 aliphatic carbocycles. The van der Waals surface area contributed by atoms with Crippen LogP contribution in [0.15, 0.2) is 47.3 Å². The van der Waals surface area contributed by atoms with Crippen LogP contribution in [0.3, 0.4) is 0 Å². The molecule has 0 aromatic carbocycles. The van der Waals surface area contributed by atoms with E-state index in [9.17, 15) is 29.7 Å². The van der Waals surface area contributed by atoms with Gasteiger partial charge in [-0.2, -0.15) is 0 Å². The molecule has 8 atom stereocenters. The molecule has 0 aromatic rings. The summed E-state index contributed by atoms with van der Waals surface area (Å²) in [7, 11) is 1.50. The van der Waals surface area contributed by atoms with Crippen molar-refractivity contribution in [2.24, 2.45) is 5.92 Å². The van der Waals surface area contributed by atoms with Crippen LogP contribution in [-0.2, 0) is 28.6 Å². The Morgan fingerprint density at radius 2 is 1.80 bits per heavy atom. The number of carbonyl (C=O) groups excluding carboxylic acids is 3. The number of rotatable bonds is 8. The van der Waals surface area contributed by atoms with E-state index >= 15 is 0 Å². The highest BCUT2D eigenvalue weighted by molar-refractivity contribution is 5.97. The molecule has 0 aromatic heterocycles. The number of allylic oxidation sites excluding steroid dienone is 6. The first-order valence-corrected chi connectivity index (χ1v) is 16.5. The van der Waals surface area contributed by atoms with Gasteiger partial charge in [0.1, 0.15) is 23.8 Å². The third-order valence-electron chi connectivity index (χ3n) is 8.81. The zero-order chi connectivity index (χ0) is 32.9. The monoisotopic (exact) mass is 631 g/mol. The Hall–Kier alpha value is -2.63. The minimum atomic E-state index is -0.974. The van der Waals surface area contributed by atoms with Gasteiger partial charge < -0.3 is 34.8 Å². The fourth-order valence-corrected chi connectivity index (χ4v) is 6.31. The Labute approximate surface area is 267 Å². The first-order chi connectivity index (χ1) is 21.5. The van der Waals surface area contributed by atoms with Gasteiger partial charge in [-0.15, -0.1) is 0 Å². The molecule has 0 radical (unpaired) electrons. The van der Waals surface area contributed by atoms with E-state index in [1.165, 1.54) is 13.2 Å². The Morgan fingerprint density at radius 3 is 2.53 bits per heavy atom. The van der Waals surface area contributed by atoms with E-state index in [0.29, 0.717) is 6.42 Å². The molecule has 1 saturated heterocycles. The smallest absolute Gasteiger partial charge is 0.244 e. The summed E-state index contributed by atoms with van der Waals surface area (Å²) in [6.45, 7) is 5.72. The Balaban J connectivity index is 1.79. The zero-order valence-corrected chi connectivity index (χ0v) is 27.3. The summed E-state index contributed by atoms with van der Waals surface area (Å²) in [5.41, 5.74) is 1.00. The van der Waals surface area contributed by atoms with Crippen molar-refractivity contribution in [1.82, 2.24) is 5.32 Å². The number of ketones is 2. The van der Waals surface area contributed by atoms with E-state index < -0.39 is 42.7 Å². The number of fused-ring (bicyclic) bond motifs is 1. The summed E-state index contributed by atoms with van der Waals surface area (Å²) < 4.78 is 17.3. The Morgan fingerprint density at radius 1 is 1.04 bits per heavy atom. The number of unbranched alkanes of at least 4 members (excludes halogenated alkanes) is 3. The minimum Gasteiger partial charge on any atom is -0.509 e. The van der Waals surface area contributed by atoms with Crippen molar-refractivity contribution in [2.45, 2.75) is 141 Å². The number of amides is 1. The molecule has 1 amide bonds. The predicted octanol–water partition coefficient (Wildman–Crippen LogP) is 4.69. The van der Waals surface area contributed by atoms with Crippen LogP contribution in [-0.4, -0.2) is 82.8 Å². The maximum Gasteiger partial charge on any atom is 0.244 e. The largest absolute Gasteiger partial charge is 0.509 e. The van der Waals surface area contributed by atoms with Gasteiger partial charge >= 0.3 is 0 Å². The van der Waals surface area contributed by atoms with Gasteiger partial charge in [-0.3, -0.25) is 14.4 Å². The first-order valence-electron chi connectivity index (χ1n) is 16.5. The fraction of sp³-hybridized carbons (Fsp3) is 0.686. The molecule has 3 aliphatic rings. The molecule has 0 bridgehead atoms. The van der Waals surface area contributed by atoms with Crippen LogP contribution in [0.1, 0.15) is 97.8 Å². The van der Waals surface area contributed by atoms with Crippen molar-refractivity contribution < 1.29 is 43.9 Å². The zero-order valence-electron chi connectivity index (χ0n) is 27.3. The van der Waals surface area contributed by atoms with Crippen LogP contribution in [0, 0.1) is 5.92 Å². The lowest BCUT2D eigenvalue weighted by Gasteiger charge is -2.37. The fourth-order valence-electron chi connectivity index (χ4n) is 6.31.